The molecule has 0 unspecified atom stereocenters. The Kier molecular flexibility index (Phi) is 5.27. The summed E-state index contributed by atoms with van der Waals surface area (Å²) in [6.45, 7) is 3.30. The molecule has 1 aromatic heterocycles. The fourth-order valence-electron chi connectivity index (χ4n) is 2.44. The number of anilines is 1. The minimum atomic E-state index is -3.47. The van der Waals surface area contributed by atoms with Crippen molar-refractivity contribution in [2.24, 2.45) is 5.10 Å². The summed E-state index contributed by atoms with van der Waals surface area (Å²) in [5.41, 5.74) is 4.13. The fraction of sp³-hybridized carbons (Fsp3) is 0.158. The quantitative estimate of drug-likeness (QED) is 0.502. The number of nitrogens with zero attached hydrogens (tertiary/aromatic N) is 3. The van der Waals surface area contributed by atoms with Gasteiger partial charge in [0.2, 0.25) is 0 Å². The van der Waals surface area contributed by atoms with Crippen molar-refractivity contribution in [3.8, 4) is 11.4 Å². The third kappa shape index (κ3) is 4.01. The molecule has 0 saturated carbocycles. The summed E-state index contributed by atoms with van der Waals surface area (Å²) in [4.78, 5) is 0.217. The number of nitrogens with one attached hydrogen (secondary N) is 1. The SMILES string of the molecule is CC(C)S(=O)(=O)c1ccccc1-n1nccc1N/N=C/c1ccc(O)cc1. The van der Waals surface area contributed by atoms with Crippen molar-refractivity contribution in [2.75, 3.05) is 5.43 Å². The molecular weight excluding hydrogens is 364 g/mol. The maximum atomic E-state index is 12.7. The van der Waals surface area contributed by atoms with Crippen molar-refractivity contribution in [3.63, 3.8) is 0 Å². The first-order valence-electron chi connectivity index (χ1n) is 8.35. The molecule has 27 heavy (non-hydrogen) atoms. The van der Waals surface area contributed by atoms with Crippen LogP contribution in [0.25, 0.3) is 5.69 Å². The van der Waals surface area contributed by atoms with Gasteiger partial charge < -0.3 is 5.11 Å². The Morgan fingerprint density at radius 1 is 1.11 bits per heavy atom. The summed E-state index contributed by atoms with van der Waals surface area (Å²) in [5, 5.41) is 17.2. The molecular formula is C19H20N4O3S. The Morgan fingerprint density at radius 2 is 1.81 bits per heavy atom. The van der Waals surface area contributed by atoms with Crippen LogP contribution < -0.4 is 5.43 Å². The molecule has 0 amide bonds. The number of hydrogen-bond acceptors (Lipinski definition) is 6. The van der Waals surface area contributed by atoms with Crippen molar-refractivity contribution in [2.45, 2.75) is 24.0 Å². The van der Waals surface area contributed by atoms with Crippen molar-refractivity contribution >= 4 is 21.9 Å². The molecule has 7 nitrogen and oxygen atoms in total. The van der Waals surface area contributed by atoms with Crippen molar-refractivity contribution in [1.29, 1.82) is 0 Å². The van der Waals surface area contributed by atoms with Gasteiger partial charge in [-0.05, 0) is 55.8 Å². The van der Waals surface area contributed by atoms with Gasteiger partial charge >= 0.3 is 0 Å². The number of aromatic hydroxyl groups is 1. The molecule has 0 spiro atoms. The summed E-state index contributed by atoms with van der Waals surface area (Å²) in [5.74, 6) is 0.706. The van der Waals surface area contributed by atoms with Gasteiger partial charge in [-0.25, -0.2) is 13.1 Å². The van der Waals surface area contributed by atoms with Gasteiger partial charge in [0.25, 0.3) is 0 Å². The maximum Gasteiger partial charge on any atom is 0.182 e. The molecule has 0 radical (unpaired) electrons. The van der Waals surface area contributed by atoms with Crippen molar-refractivity contribution in [1.82, 2.24) is 9.78 Å². The molecule has 0 aliphatic heterocycles. The van der Waals surface area contributed by atoms with Crippen molar-refractivity contribution in [3.05, 3.63) is 66.4 Å². The Morgan fingerprint density at radius 3 is 2.52 bits per heavy atom. The van der Waals surface area contributed by atoms with Crippen LogP contribution in [0, 0.1) is 0 Å². The molecule has 0 saturated heterocycles. The largest absolute Gasteiger partial charge is 0.508 e. The highest BCUT2D eigenvalue weighted by Crippen LogP contribution is 2.25. The molecule has 0 bridgehead atoms. The molecule has 0 aliphatic rings. The van der Waals surface area contributed by atoms with Crippen LogP contribution in [0.15, 0.2) is 70.8 Å². The van der Waals surface area contributed by atoms with E-state index in [-0.39, 0.29) is 10.6 Å². The van der Waals surface area contributed by atoms with Gasteiger partial charge in [-0.2, -0.15) is 10.2 Å². The first kappa shape index (κ1) is 18.7. The summed E-state index contributed by atoms with van der Waals surface area (Å²) < 4.78 is 26.9. The Balaban J connectivity index is 1.91. The number of benzene rings is 2. The maximum absolute atomic E-state index is 12.7. The number of phenols is 1. The van der Waals surface area contributed by atoms with Crippen LogP contribution in [0.5, 0.6) is 5.75 Å². The zero-order valence-electron chi connectivity index (χ0n) is 14.9. The molecule has 1 heterocycles. The molecule has 0 atom stereocenters. The number of sulfone groups is 1. The Bertz CT molecular complexity index is 1050. The first-order valence-corrected chi connectivity index (χ1v) is 9.89. The summed E-state index contributed by atoms with van der Waals surface area (Å²) >= 11 is 0. The predicted octanol–water partition coefficient (Wildman–Crippen LogP) is 3.21. The number of hydrazone groups is 1. The average molecular weight is 384 g/mol. The van der Waals surface area contributed by atoms with Gasteiger partial charge in [-0.15, -0.1) is 0 Å². The number of rotatable bonds is 6. The lowest BCUT2D eigenvalue weighted by molar-refractivity contribution is 0.475. The van der Waals surface area contributed by atoms with E-state index in [0.29, 0.717) is 11.5 Å². The molecule has 0 aliphatic carbocycles. The minimum absolute atomic E-state index is 0.182. The van der Waals surface area contributed by atoms with Crippen LogP contribution in [0.4, 0.5) is 5.82 Å². The van der Waals surface area contributed by atoms with Crippen LogP contribution in [0.3, 0.4) is 0 Å². The van der Waals surface area contributed by atoms with E-state index in [1.54, 1.807) is 80.9 Å². The van der Waals surface area contributed by atoms with Gasteiger partial charge in [-0.3, -0.25) is 5.43 Å². The van der Waals surface area contributed by atoms with Gasteiger partial charge in [-0.1, -0.05) is 12.1 Å². The minimum Gasteiger partial charge on any atom is -0.508 e. The third-order valence-corrected chi connectivity index (χ3v) is 6.15. The standard InChI is InChI=1S/C19H20N4O3S/c1-14(2)27(25,26)18-6-4-3-5-17(18)23-19(11-12-21-23)22-20-13-15-7-9-16(24)10-8-15/h3-14,22,24H,1-2H3/b20-13+. The average Bonchev–Trinajstić information content (AvgIpc) is 3.11. The lowest BCUT2D eigenvalue weighted by Gasteiger charge is -2.14. The van der Waals surface area contributed by atoms with Crippen LogP contribution in [0.1, 0.15) is 19.4 Å². The molecule has 3 aromatic rings. The van der Waals surface area contributed by atoms with E-state index in [1.165, 1.54) is 4.68 Å². The Hall–Kier alpha value is -3.13. The summed E-state index contributed by atoms with van der Waals surface area (Å²) in [6.07, 6.45) is 3.16. The number of para-hydroxylation sites is 1. The van der Waals surface area contributed by atoms with Crippen molar-refractivity contribution < 1.29 is 13.5 Å². The first-order chi connectivity index (χ1) is 12.9. The Labute approximate surface area is 157 Å². The molecule has 2 N–H and O–H groups in total. The van der Waals surface area contributed by atoms with Gasteiger partial charge in [0.15, 0.2) is 9.84 Å². The highest BCUT2D eigenvalue weighted by molar-refractivity contribution is 7.92. The van der Waals surface area contributed by atoms with Crippen LogP contribution >= 0.6 is 0 Å². The van der Waals surface area contributed by atoms with Gasteiger partial charge in [0.1, 0.15) is 11.6 Å². The monoisotopic (exact) mass is 384 g/mol. The van der Waals surface area contributed by atoms with E-state index < -0.39 is 15.1 Å². The molecule has 2 aromatic carbocycles. The lowest BCUT2D eigenvalue weighted by Crippen LogP contribution is -2.17. The lowest BCUT2D eigenvalue weighted by atomic mass is 10.2. The highest BCUT2D eigenvalue weighted by Gasteiger charge is 2.24. The van der Waals surface area contributed by atoms with E-state index >= 15 is 0 Å². The third-order valence-electron chi connectivity index (χ3n) is 3.95. The van der Waals surface area contributed by atoms with Crippen LogP contribution in [0.2, 0.25) is 0 Å². The normalized spacial score (nSPS) is 12.0. The van der Waals surface area contributed by atoms with Gasteiger partial charge in [0, 0.05) is 6.07 Å². The van der Waals surface area contributed by atoms with E-state index in [2.05, 4.69) is 15.6 Å². The highest BCUT2D eigenvalue weighted by atomic mass is 32.2. The number of aromatic nitrogens is 2. The second-order valence-corrected chi connectivity index (χ2v) is 8.62. The van der Waals surface area contributed by atoms with Crippen LogP contribution in [-0.2, 0) is 9.84 Å². The molecule has 8 heteroatoms. The predicted molar refractivity (Wildman–Crippen MR) is 105 cm³/mol. The molecule has 140 valence electrons. The van der Waals surface area contributed by atoms with E-state index in [4.69, 9.17) is 0 Å². The summed E-state index contributed by atoms with van der Waals surface area (Å²) in [6, 6.07) is 15.0. The van der Waals surface area contributed by atoms with E-state index in [1.807, 2.05) is 0 Å². The number of hydrogen-bond donors (Lipinski definition) is 2. The second-order valence-electron chi connectivity index (χ2n) is 6.15. The molecule has 3 rings (SSSR count). The fourth-order valence-corrected chi connectivity index (χ4v) is 3.66. The van der Waals surface area contributed by atoms with Gasteiger partial charge in [0.05, 0.1) is 28.2 Å². The number of phenolic OH excluding ortho intramolecular Hbond substituents is 1. The zero-order valence-corrected chi connectivity index (χ0v) is 15.8. The smallest absolute Gasteiger partial charge is 0.182 e. The second kappa shape index (κ2) is 7.63. The zero-order chi connectivity index (χ0) is 19.4. The molecule has 0 fully saturated rings. The van der Waals surface area contributed by atoms with Crippen LogP contribution in [-0.4, -0.2) is 34.8 Å². The van der Waals surface area contributed by atoms with E-state index in [9.17, 15) is 13.5 Å². The topological polar surface area (TPSA) is 96.6 Å². The van der Waals surface area contributed by atoms with E-state index in [0.717, 1.165) is 5.56 Å². The summed E-state index contributed by atoms with van der Waals surface area (Å²) in [7, 11) is -3.47.